The molecule has 1 aliphatic heterocycles. The number of fused-ring (bicyclic) bond motifs is 1. The third kappa shape index (κ3) is 3.74. The Morgan fingerprint density at radius 3 is 2.34 bits per heavy atom. The van der Waals surface area contributed by atoms with Crippen LogP contribution in [0.1, 0.15) is 29.5 Å². The molecule has 8 heteroatoms. The van der Waals surface area contributed by atoms with Gasteiger partial charge in [0.1, 0.15) is 11.6 Å². The molecule has 1 fully saturated rings. The fourth-order valence-electron chi connectivity index (χ4n) is 3.56. The summed E-state index contributed by atoms with van der Waals surface area (Å²) in [7, 11) is 0. The lowest BCUT2D eigenvalue weighted by Gasteiger charge is -2.37. The van der Waals surface area contributed by atoms with Crippen molar-refractivity contribution in [3.05, 3.63) is 59.7 Å². The minimum absolute atomic E-state index is 0.189. The molecule has 0 saturated carbocycles. The van der Waals surface area contributed by atoms with Crippen LogP contribution in [0.2, 0.25) is 0 Å². The van der Waals surface area contributed by atoms with Gasteiger partial charge in [-0.25, -0.2) is 23.1 Å². The molecule has 29 heavy (non-hydrogen) atoms. The Hall–Kier alpha value is -3.16. The smallest absolute Gasteiger partial charge is 0.297 e. The molecule has 2 heterocycles. The summed E-state index contributed by atoms with van der Waals surface area (Å²) in [6, 6.07) is 11.5. The molecule has 0 unspecified atom stereocenters. The lowest BCUT2D eigenvalue weighted by atomic mass is 10.1. The second-order valence-corrected chi connectivity index (χ2v) is 6.92. The molecule has 150 valence electrons. The molecule has 1 aromatic heterocycles. The zero-order valence-electron chi connectivity index (χ0n) is 15.8. The Bertz CT molecular complexity index is 1060. The van der Waals surface area contributed by atoms with Crippen LogP contribution in [0.4, 0.5) is 24.7 Å². The van der Waals surface area contributed by atoms with Gasteiger partial charge in [-0.15, -0.1) is 0 Å². The summed E-state index contributed by atoms with van der Waals surface area (Å²) in [4.78, 5) is 23.3. The van der Waals surface area contributed by atoms with Crippen molar-refractivity contribution in [1.82, 2.24) is 9.97 Å². The van der Waals surface area contributed by atoms with E-state index < -0.39 is 18.1 Å². The number of hydrogen-bond donors (Lipinski definition) is 0. The number of hydrogen-bond acceptors (Lipinski definition) is 5. The van der Waals surface area contributed by atoms with E-state index in [4.69, 9.17) is 0 Å². The second kappa shape index (κ2) is 7.69. The number of nitrogens with zero attached hydrogens (tertiary/aromatic N) is 4. The molecule has 3 aromatic rings. The summed E-state index contributed by atoms with van der Waals surface area (Å²) in [5.74, 6) is -0.658. The number of aromatic nitrogens is 2. The van der Waals surface area contributed by atoms with Crippen molar-refractivity contribution in [3.8, 4) is 0 Å². The number of rotatable bonds is 4. The van der Waals surface area contributed by atoms with Crippen molar-refractivity contribution in [1.29, 1.82) is 0 Å². The summed E-state index contributed by atoms with van der Waals surface area (Å²) < 4.78 is 40.9. The van der Waals surface area contributed by atoms with Crippen molar-refractivity contribution in [2.75, 3.05) is 36.0 Å². The molecule has 0 bridgehead atoms. The van der Waals surface area contributed by atoms with Crippen LogP contribution in [0.15, 0.2) is 42.5 Å². The Kier molecular flexibility index (Phi) is 5.08. The Morgan fingerprint density at radius 2 is 1.69 bits per heavy atom. The molecular formula is C21H19F3N4O. The quantitative estimate of drug-likeness (QED) is 0.614. The fraction of sp³-hybridized carbons (Fsp3) is 0.286. The maximum Gasteiger partial charge on any atom is 0.297 e. The van der Waals surface area contributed by atoms with Gasteiger partial charge < -0.3 is 9.80 Å². The van der Waals surface area contributed by atoms with Crippen LogP contribution in [-0.2, 0) is 0 Å². The standard InChI is InChI=1S/C21H19F3N4O/c1-13(29)14-6-7-18(16(22)12-14)27-8-10-28(11-9-27)21-15-4-2-3-5-17(15)25-20(26-21)19(23)24/h2-7,12,19H,8-11H2,1H3. The van der Waals surface area contributed by atoms with Gasteiger partial charge in [0.05, 0.1) is 11.2 Å². The maximum atomic E-state index is 14.5. The molecule has 0 N–H and O–H groups in total. The molecule has 0 amide bonds. The zero-order valence-corrected chi connectivity index (χ0v) is 15.8. The molecule has 5 nitrogen and oxygen atoms in total. The van der Waals surface area contributed by atoms with Gasteiger partial charge in [0.15, 0.2) is 11.6 Å². The van der Waals surface area contributed by atoms with Gasteiger partial charge in [-0.3, -0.25) is 4.79 Å². The average molecular weight is 400 g/mol. The van der Waals surface area contributed by atoms with Crippen LogP contribution in [0.3, 0.4) is 0 Å². The van der Waals surface area contributed by atoms with Gasteiger partial charge in [0.2, 0.25) is 0 Å². The van der Waals surface area contributed by atoms with E-state index in [-0.39, 0.29) is 5.78 Å². The molecule has 1 aliphatic rings. The SMILES string of the molecule is CC(=O)c1ccc(N2CCN(c3nc(C(F)F)nc4ccccc34)CC2)c(F)c1. The molecular weight excluding hydrogens is 381 g/mol. The lowest BCUT2D eigenvalue weighted by molar-refractivity contribution is 0.101. The van der Waals surface area contributed by atoms with E-state index in [1.165, 1.54) is 13.0 Å². The number of alkyl halides is 2. The summed E-state index contributed by atoms with van der Waals surface area (Å²) in [6.45, 7) is 3.39. The predicted octanol–water partition coefficient (Wildman–Crippen LogP) is 4.24. The largest absolute Gasteiger partial charge is 0.366 e. The number of Topliss-reactive ketones (excluding diaryl/α,β-unsaturated/α-hetero) is 1. The first kappa shape index (κ1) is 19.2. The summed E-state index contributed by atoms with van der Waals surface area (Å²) in [6.07, 6.45) is -2.76. The number of anilines is 2. The fourth-order valence-corrected chi connectivity index (χ4v) is 3.56. The number of piperazine rings is 1. The number of para-hydroxylation sites is 1. The van der Waals surface area contributed by atoms with Crippen molar-refractivity contribution >= 4 is 28.2 Å². The van der Waals surface area contributed by atoms with Crippen LogP contribution >= 0.6 is 0 Å². The number of ketones is 1. The minimum atomic E-state index is -2.76. The van der Waals surface area contributed by atoms with Gasteiger partial charge in [-0.1, -0.05) is 12.1 Å². The number of benzene rings is 2. The van der Waals surface area contributed by atoms with Crippen molar-refractivity contribution in [2.45, 2.75) is 13.3 Å². The third-order valence-corrected chi connectivity index (χ3v) is 5.07. The molecule has 0 radical (unpaired) electrons. The van der Waals surface area contributed by atoms with Gasteiger partial charge >= 0.3 is 0 Å². The summed E-state index contributed by atoms with van der Waals surface area (Å²) >= 11 is 0. The van der Waals surface area contributed by atoms with E-state index in [9.17, 15) is 18.0 Å². The highest BCUT2D eigenvalue weighted by Gasteiger charge is 2.24. The van der Waals surface area contributed by atoms with Crippen molar-refractivity contribution < 1.29 is 18.0 Å². The van der Waals surface area contributed by atoms with Crippen LogP contribution in [0, 0.1) is 5.82 Å². The Labute approximate surface area is 165 Å². The molecule has 1 saturated heterocycles. The first-order valence-corrected chi connectivity index (χ1v) is 9.29. The normalized spacial score (nSPS) is 14.7. The van der Waals surface area contributed by atoms with Crippen LogP contribution in [0.25, 0.3) is 10.9 Å². The highest BCUT2D eigenvalue weighted by Crippen LogP contribution is 2.29. The van der Waals surface area contributed by atoms with Gasteiger partial charge in [-0.05, 0) is 37.3 Å². The van der Waals surface area contributed by atoms with Crippen LogP contribution in [0.5, 0.6) is 0 Å². The third-order valence-electron chi connectivity index (χ3n) is 5.07. The molecule has 4 rings (SSSR count). The van der Waals surface area contributed by atoms with Gasteiger partial charge in [0.25, 0.3) is 6.43 Å². The number of carbonyl (C=O) groups is 1. The highest BCUT2D eigenvalue weighted by molar-refractivity contribution is 5.94. The van der Waals surface area contributed by atoms with Crippen molar-refractivity contribution in [3.63, 3.8) is 0 Å². The van der Waals surface area contributed by atoms with Crippen LogP contribution < -0.4 is 9.80 Å². The molecule has 0 aliphatic carbocycles. The first-order valence-electron chi connectivity index (χ1n) is 9.29. The first-order chi connectivity index (χ1) is 13.9. The molecule has 0 atom stereocenters. The van der Waals surface area contributed by atoms with Gasteiger partial charge in [-0.2, -0.15) is 0 Å². The van der Waals surface area contributed by atoms with E-state index in [1.54, 1.807) is 24.3 Å². The lowest BCUT2D eigenvalue weighted by Crippen LogP contribution is -2.47. The maximum absolute atomic E-state index is 14.5. The monoisotopic (exact) mass is 400 g/mol. The topological polar surface area (TPSA) is 49.3 Å². The van der Waals surface area contributed by atoms with E-state index in [2.05, 4.69) is 9.97 Å². The summed E-state index contributed by atoms with van der Waals surface area (Å²) in [5, 5.41) is 0.711. The molecule has 0 spiro atoms. The number of carbonyl (C=O) groups excluding carboxylic acids is 1. The average Bonchev–Trinajstić information content (AvgIpc) is 2.73. The summed E-state index contributed by atoms with van der Waals surface area (Å²) in [5.41, 5.74) is 1.23. The number of halogens is 3. The van der Waals surface area contributed by atoms with E-state index in [0.29, 0.717) is 54.2 Å². The van der Waals surface area contributed by atoms with E-state index in [0.717, 1.165) is 0 Å². The zero-order chi connectivity index (χ0) is 20.5. The van der Waals surface area contributed by atoms with Crippen LogP contribution in [-0.4, -0.2) is 41.9 Å². The van der Waals surface area contributed by atoms with Gasteiger partial charge in [0, 0.05) is 37.1 Å². The predicted molar refractivity (Wildman–Crippen MR) is 105 cm³/mol. The second-order valence-electron chi connectivity index (χ2n) is 6.92. The highest BCUT2D eigenvalue weighted by atomic mass is 19.3. The van der Waals surface area contributed by atoms with Crippen molar-refractivity contribution in [2.24, 2.45) is 0 Å². The minimum Gasteiger partial charge on any atom is -0.366 e. The Balaban J connectivity index is 1.58. The van der Waals surface area contributed by atoms with E-state index >= 15 is 0 Å². The van der Waals surface area contributed by atoms with E-state index in [1.807, 2.05) is 21.9 Å². The molecule has 2 aromatic carbocycles. The Morgan fingerprint density at radius 1 is 1.00 bits per heavy atom.